The Morgan fingerprint density at radius 2 is 1.14 bits per heavy atom. The molecule has 0 saturated heterocycles. The van der Waals surface area contributed by atoms with E-state index < -0.39 is 70.2 Å². The highest BCUT2D eigenvalue weighted by molar-refractivity contribution is 7.87. The molecule has 1 N–H and O–H groups in total. The van der Waals surface area contributed by atoms with Gasteiger partial charge < -0.3 is 24.5 Å². The summed E-state index contributed by atoms with van der Waals surface area (Å²) in [6.07, 6.45) is 4.52. The van der Waals surface area contributed by atoms with E-state index in [0.29, 0.717) is 0 Å². The van der Waals surface area contributed by atoms with Gasteiger partial charge in [0.2, 0.25) is 5.75 Å². The largest absolute Gasteiger partial charge is 0.504 e. The van der Waals surface area contributed by atoms with Crippen molar-refractivity contribution in [3.8, 4) is 17.2 Å². The molecule has 0 saturated carbocycles. The molecule has 2 aliphatic carbocycles. The molecule has 16 heteroatoms. The number of ketones is 3. The van der Waals surface area contributed by atoms with Crippen LogP contribution in [-0.2, 0) is 20.2 Å². The van der Waals surface area contributed by atoms with Crippen molar-refractivity contribution in [3.05, 3.63) is 135 Å². The molecule has 0 radical (unpaired) electrons. The zero-order chi connectivity index (χ0) is 35.1. The standard InChI is InChI=1S/C33H18N4O10S2/c34-36-24-15-12-19-21(30(24)39)8-4-10-27(19)48(42,43)46-26-17-14-23(29(38)18-6-2-1-3-7-18)32(41)33(26)47-49(44,45)28-11-5-9-22-20(28)13-16-25(37-35)31(22)40/h1-17,41H. The maximum absolute atomic E-state index is 13.8. The Hall–Kier alpha value is -6.57. The zero-order valence-electron chi connectivity index (χ0n) is 24.5. The molecule has 6 rings (SSSR count). The number of benzene rings is 4. The van der Waals surface area contributed by atoms with Crippen LogP contribution in [-0.4, -0.2) is 60.3 Å². The van der Waals surface area contributed by atoms with Crippen LogP contribution in [0.4, 0.5) is 0 Å². The number of phenolic OH excluding ortho intramolecular Hbond substituents is 1. The normalized spacial score (nSPS) is 13.6. The number of phenols is 1. The molecule has 2 aliphatic rings. The second-order valence-electron chi connectivity index (χ2n) is 10.3. The number of fused-ring (bicyclic) bond motifs is 2. The fourth-order valence-corrected chi connectivity index (χ4v) is 7.43. The van der Waals surface area contributed by atoms with E-state index in [-0.39, 0.29) is 39.2 Å². The first-order chi connectivity index (χ1) is 23.4. The fourth-order valence-electron chi connectivity index (χ4n) is 5.12. The van der Waals surface area contributed by atoms with E-state index in [1.165, 1.54) is 48.6 Å². The first-order valence-corrected chi connectivity index (χ1v) is 16.7. The summed E-state index contributed by atoms with van der Waals surface area (Å²) in [5.74, 6) is -5.41. The van der Waals surface area contributed by atoms with E-state index in [2.05, 4.69) is 9.58 Å². The minimum atomic E-state index is -5.05. The Morgan fingerprint density at radius 3 is 1.65 bits per heavy atom. The third-order valence-corrected chi connectivity index (χ3v) is 10.00. The van der Waals surface area contributed by atoms with Crippen molar-refractivity contribution in [1.29, 1.82) is 0 Å². The number of carbonyl (C=O) groups excluding carboxylic acids is 3. The van der Waals surface area contributed by atoms with Gasteiger partial charge in [-0.2, -0.15) is 26.4 Å². The van der Waals surface area contributed by atoms with Gasteiger partial charge in [-0.05, 0) is 36.4 Å². The summed E-state index contributed by atoms with van der Waals surface area (Å²) in [7, 11) is -10.00. The molecule has 49 heavy (non-hydrogen) atoms. The molecule has 14 nitrogen and oxygen atoms in total. The van der Waals surface area contributed by atoms with Crippen molar-refractivity contribution < 1.29 is 54.3 Å². The van der Waals surface area contributed by atoms with Gasteiger partial charge in [-0.15, -0.1) is 0 Å². The van der Waals surface area contributed by atoms with E-state index in [0.717, 1.165) is 36.4 Å². The third-order valence-electron chi connectivity index (χ3n) is 7.43. The number of hydrogen-bond donors (Lipinski definition) is 1. The van der Waals surface area contributed by atoms with E-state index in [1.807, 2.05) is 0 Å². The quantitative estimate of drug-likeness (QED) is 0.121. The van der Waals surface area contributed by atoms with E-state index in [9.17, 15) is 36.3 Å². The molecule has 0 unspecified atom stereocenters. The van der Waals surface area contributed by atoms with Gasteiger partial charge >= 0.3 is 31.7 Å². The predicted octanol–water partition coefficient (Wildman–Crippen LogP) is 3.92. The van der Waals surface area contributed by atoms with Crippen LogP contribution in [0.3, 0.4) is 0 Å². The number of carbonyl (C=O) groups is 3. The zero-order valence-corrected chi connectivity index (χ0v) is 26.2. The van der Waals surface area contributed by atoms with Crippen molar-refractivity contribution in [1.82, 2.24) is 0 Å². The van der Waals surface area contributed by atoms with E-state index in [4.69, 9.17) is 19.4 Å². The van der Waals surface area contributed by atoms with Crippen molar-refractivity contribution >= 4 is 61.2 Å². The lowest BCUT2D eigenvalue weighted by molar-refractivity contribution is -0.00459. The minimum Gasteiger partial charge on any atom is -0.504 e. The highest BCUT2D eigenvalue weighted by Gasteiger charge is 2.35. The fraction of sp³-hybridized carbons (Fsp3) is 0. The molecule has 4 aromatic rings. The Bertz CT molecular complexity index is 2550. The average Bonchev–Trinajstić information content (AvgIpc) is 3.10. The van der Waals surface area contributed by atoms with Crippen LogP contribution < -0.4 is 8.37 Å². The van der Waals surface area contributed by atoms with Gasteiger partial charge in [-0.25, -0.2) is 0 Å². The van der Waals surface area contributed by atoms with Crippen LogP contribution in [0.15, 0.2) is 101 Å². The lowest BCUT2D eigenvalue weighted by Crippen LogP contribution is -2.22. The number of nitrogens with zero attached hydrogens (tertiary/aromatic N) is 4. The molecular weight excluding hydrogens is 677 g/mol. The highest BCUT2D eigenvalue weighted by atomic mass is 32.2. The Balaban J connectivity index is 1.49. The molecule has 0 amide bonds. The lowest BCUT2D eigenvalue weighted by Gasteiger charge is -2.18. The summed E-state index contributed by atoms with van der Waals surface area (Å²) in [6.45, 7) is 0. The first-order valence-electron chi connectivity index (χ1n) is 13.9. The second-order valence-corrected chi connectivity index (χ2v) is 13.3. The number of hydrogen-bond acceptors (Lipinski definition) is 10. The molecular formula is C33H18N4O10S2. The molecule has 0 aromatic heterocycles. The monoisotopic (exact) mass is 694 g/mol. The van der Waals surface area contributed by atoms with Crippen molar-refractivity contribution in [2.75, 3.05) is 0 Å². The molecule has 0 atom stereocenters. The van der Waals surface area contributed by atoms with Crippen molar-refractivity contribution in [3.63, 3.8) is 0 Å². The van der Waals surface area contributed by atoms with Crippen molar-refractivity contribution in [2.45, 2.75) is 9.79 Å². The average molecular weight is 695 g/mol. The molecule has 0 aliphatic heterocycles. The van der Waals surface area contributed by atoms with E-state index >= 15 is 0 Å². The van der Waals surface area contributed by atoms with Crippen molar-refractivity contribution in [2.24, 2.45) is 0 Å². The molecule has 0 fully saturated rings. The van der Waals surface area contributed by atoms with Crippen LogP contribution >= 0.6 is 0 Å². The number of allylic oxidation sites excluding steroid dienone is 2. The highest BCUT2D eigenvalue weighted by Crippen LogP contribution is 2.44. The molecule has 4 aromatic carbocycles. The lowest BCUT2D eigenvalue weighted by atomic mass is 9.95. The van der Waals surface area contributed by atoms with Crippen LogP contribution in [0.25, 0.3) is 23.2 Å². The maximum Gasteiger partial charge on any atom is 0.362 e. The Morgan fingerprint density at radius 1 is 0.633 bits per heavy atom. The maximum atomic E-state index is 13.8. The topological polar surface area (TPSA) is 231 Å². The minimum absolute atomic E-state index is 0.0909. The third kappa shape index (κ3) is 5.69. The van der Waals surface area contributed by atoms with Gasteiger partial charge in [0, 0.05) is 40.0 Å². The van der Waals surface area contributed by atoms with Gasteiger partial charge in [-0.1, -0.05) is 54.6 Å². The molecule has 0 bridgehead atoms. The summed E-state index contributed by atoms with van der Waals surface area (Å²) < 4.78 is 65.5. The Kier molecular flexibility index (Phi) is 8.08. The summed E-state index contributed by atoms with van der Waals surface area (Å²) in [6, 6.07) is 16.7. The first kappa shape index (κ1) is 32.4. The number of rotatable bonds is 8. The summed E-state index contributed by atoms with van der Waals surface area (Å²) >= 11 is 0. The Labute approximate surface area is 277 Å². The summed E-state index contributed by atoms with van der Waals surface area (Å²) in [5, 5.41) is 11.3. The van der Waals surface area contributed by atoms with Gasteiger partial charge in [0.15, 0.2) is 17.3 Å². The predicted molar refractivity (Wildman–Crippen MR) is 170 cm³/mol. The molecule has 0 spiro atoms. The summed E-state index contributed by atoms with van der Waals surface area (Å²) in [5.41, 5.74) is 16.5. The number of aromatic hydroxyl groups is 1. The summed E-state index contributed by atoms with van der Waals surface area (Å²) in [4.78, 5) is 43.3. The van der Waals surface area contributed by atoms with Gasteiger partial charge in [0.25, 0.3) is 11.6 Å². The van der Waals surface area contributed by atoms with Crippen LogP contribution in [0.1, 0.15) is 47.8 Å². The van der Waals surface area contributed by atoms with Gasteiger partial charge in [0.05, 0.1) is 5.56 Å². The second kappa shape index (κ2) is 12.2. The van der Waals surface area contributed by atoms with Gasteiger partial charge in [-0.3, -0.25) is 14.4 Å². The van der Waals surface area contributed by atoms with Gasteiger partial charge in [0.1, 0.15) is 9.79 Å². The van der Waals surface area contributed by atoms with Crippen LogP contribution in [0, 0.1) is 0 Å². The number of Topliss-reactive ketones (excluding diaryl/α,β-unsaturated/α-hetero) is 2. The molecule has 0 heterocycles. The molecule has 242 valence electrons. The van der Waals surface area contributed by atoms with Crippen LogP contribution in [0.5, 0.6) is 17.2 Å². The van der Waals surface area contributed by atoms with Crippen LogP contribution in [0.2, 0.25) is 0 Å². The van der Waals surface area contributed by atoms with E-state index in [1.54, 1.807) is 18.2 Å². The smallest absolute Gasteiger partial charge is 0.362 e. The SMILES string of the molecule is [N-]=[N+]=C1C=Cc2c(cccc2S(=O)(=O)Oc2ccc(C(=O)c3ccccc3)c(O)c2OS(=O)(=O)c2cccc3c2C=CC(=[N+]=[N-])C3=O)C1=O.